The second-order valence-electron chi connectivity index (χ2n) is 3.58. The van der Waals surface area contributed by atoms with E-state index >= 15 is 0 Å². The summed E-state index contributed by atoms with van der Waals surface area (Å²) in [5, 5.41) is 0. The van der Waals surface area contributed by atoms with Crippen LogP contribution in [0.25, 0.3) is 0 Å². The quantitative estimate of drug-likeness (QED) is 0.738. The van der Waals surface area contributed by atoms with Crippen LogP contribution in [0.5, 0.6) is 0 Å². The predicted octanol–water partition coefficient (Wildman–Crippen LogP) is 4.39. The lowest BCUT2D eigenvalue weighted by molar-refractivity contribution is -0.292. The number of nitrogens with zero attached hydrogens (tertiary/aromatic N) is 1. The summed E-state index contributed by atoms with van der Waals surface area (Å²) in [6.45, 7) is 0. The smallest absolute Gasteiger partial charge is 0.254 e. The van der Waals surface area contributed by atoms with Crippen molar-refractivity contribution in [3.05, 3.63) is 29.6 Å². The van der Waals surface area contributed by atoms with E-state index < -0.39 is 35.5 Å². The number of alkyl halides is 10. The average molecular weight is 315 g/mol. The Balaban J connectivity index is 3.20. The van der Waals surface area contributed by atoms with Gasteiger partial charge in [-0.05, 0) is 12.1 Å². The fourth-order valence-corrected chi connectivity index (χ4v) is 1.07. The Kier molecular flexibility index (Phi) is 3.70. The van der Waals surface area contributed by atoms with Gasteiger partial charge < -0.3 is 0 Å². The molecule has 114 valence electrons. The van der Waals surface area contributed by atoms with Crippen LogP contribution in [0, 0.1) is 0 Å². The molecule has 0 aromatic carbocycles. The first-order chi connectivity index (χ1) is 8.71. The summed E-state index contributed by atoms with van der Waals surface area (Å²) in [6, 6.07) is -0.419. The molecule has 0 fully saturated rings. The Hall–Kier alpha value is -1.55. The summed E-state index contributed by atoms with van der Waals surface area (Å²) in [7, 11) is 0. The first-order valence-corrected chi connectivity index (χ1v) is 4.57. The van der Waals surface area contributed by atoms with Crippen LogP contribution in [0.15, 0.2) is 18.3 Å². The summed E-state index contributed by atoms with van der Waals surface area (Å²) in [5.41, 5.74) is -3.82. The van der Waals surface area contributed by atoms with Crippen LogP contribution in [0.3, 0.4) is 0 Å². The van der Waals surface area contributed by atoms with E-state index in [1.165, 1.54) is 0 Å². The molecular weight excluding hydrogens is 312 g/mol. The molecule has 0 atom stereocenters. The van der Waals surface area contributed by atoms with E-state index in [0.29, 0.717) is 0 Å². The number of halogens is 10. The van der Waals surface area contributed by atoms with Gasteiger partial charge in [-0.25, -0.2) is 0 Å². The zero-order valence-electron chi connectivity index (χ0n) is 8.96. The number of hydrogen-bond donors (Lipinski definition) is 0. The lowest BCUT2D eigenvalue weighted by Gasteiger charge is -2.21. The fourth-order valence-electron chi connectivity index (χ4n) is 1.07. The minimum atomic E-state index is -6.05. The second kappa shape index (κ2) is 4.48. The zero-order valence-corrected chi connectivity index (χ0v) is 8.96. The van der Waals surface area contributed by atoms with Crippen LogP contribution >= 0.6 is 0 Å². The van der Waals surface area contributed by atoms with Crippen molar-refractivity contribution < 1.29 is 43.9 Å². The molecule has 0 spiro atoms. The highest BCUT2D eigenvalue weighted by Gasteiger charge is 2.61. The van der Waals surface area contributed by atoms with E-state index in [-0.39, 0.29) is 18.3 Å². The summed E-state index contributed by atoms with van der Waals surface area (Å²) < 4.78 is 123. The standard InChI is InChI=1S/C9H3F10N/c10-6(11,8(14,15)16)4-1-2-5(20-3-4)7(12,13)9(17,18)19/h1-3H. The molecular formula is C9H3F10N. The molecule has 1 nitrogen and oxygen atoms in total. The maximum absolute atomic E-state index is 12.8. The first kappa shape index (κ1) is 16.5. The van der Waals surface area contributed by atoms with Crippen molar-refractivity contribution >= 4 is 0 Å². The largest absolute Gasteiger partial charge is 0.459 e. The number of pyridine rings is 1. The third kappa shape index (κ3) is 2.66. The van der Waals surface area contributed by atoms with E-state index in [1.807, 2.05) is 0 Å². The maximum atomic E-state index is 12.8. The Morgan fingerprint density at radius 1 is 0.650 bits per heavy atom. The Morgan fingerprint density at radius 2 is 1.10 bits per heavy atom. The molecule has 1 aromatic heterocycles. The van der Waals surface area contributed by atoms with Gasteiger partial charge in [-0.15, -0.1) is 0 Å². The predicted molar refractivity (Wildman–Crippen MR) is 44.1 cm³/mol. The van der Waals surface area contributed by atoms with E-state index in [9.17, 15) is 43.9 Å². The molecule has 0 aliphatic heterocycles. The summed E-state index contributed by atoms with van der Waals surface area (Å²) in [5.74, 6) is -10.9. The maximum Gasteiger partial charge on any atom is 0.459 e. The van der Waals surface area contributed by atoms with Crippen molar-refractivity contribution in [1.29, 1.82) is 0 Å². The van der Waals surface area contributed by atoms with Gasteiger partial charge in [0, 0.05) is 11.8 Å². The molecule has 1 heterocycles. The van der Waals surface area contributed by atoms with Crippen LogP contribution < -0.4 is 0 Å². The van der Waals surface area contributed by atoms with Gasteiger partial charge in [-0.2, -0.15) is 43.9 Å². The highest BCUT2D eigenvalue weighted by Crippen LogP contribution is 2.46. The average Bonchev–Trinajstić information content (AvgIpc) is 2.26. The number of rotatable bonds is 2. The molecule has 0 aliphatic carbocycles. The zero-order chi connectivity index (χ0) is 16.0. The lowest BCUT2D eigenvalue weighted by Crippen LogP contribution is -2.36. The summed E-state index contributed by atoms with van der Waals surface area (Å²) in [4.78, 5) is 2.35. The Bertz CT molecular complexity index is 424. The van der Waals surface area contributed by atoms with Crippen LogP contribution in [0.1, 0.15) is 11.3 Å². The molecule has 1 aromatic rings. The van der Waals surface area contributed by atoms with E-state index in [0.717, 1.165) is 0 Å². The summed E-state index contributed by atoms with van der Waals surface area (Å²) in [6.07, 6.45) is -12.4. The van der Waals surface area contributed by atoms with E-state index in [4.69, 9.17) is 0 Å². The van der Waals surface area contributed by atoms with Crippen LogP contribution in [-0.2, 0) is 11.8 Å². The molecule has 0 N–H and O–H groups in total. The first-order valence-electron chi connectivity index (χ1n) is 4.57. The molecule has 0 saturated carbocycles. The molecule has 0 aliphatic rings. The highest BCUT2D eigenvalue weighted by molar-refractivity contribution is 5.23. The topological polar surface area (TPSA) is 12.9 Å². The lowest BCUT2D eigenvalue weighted by atomic mass is 10.1. The monoisotopic (exact) mass is 315 g/mol. The van der Waals surface area contributed by atoms with E-state index in [1.54, 1.807) is 0 Å². The second-order valence-corrected chi connectivity index (χ2v) is 3.58. The molecule has 0 amide bonds. The van der Waals surface area contributed by atoms with Crippen LogP contribution in [0.2, 0.25) is 0 Å². The van der Waals surface area contributed by atoms with Crippen molar-refractivity contribution in [2.24, 2.45) is 0 Å². The van der Waals surface area contributed by atoms with Gasteiger partial charge in [-0.1, -0.05) is 0 Å². The van der Waals surface area contributed by atoms with Gasteiger partial charge in [0.2, 0.25) is 0 Å². The number of hydrogen-bond acceptors (Lipinski definition) is 1. The molecule has 11 heteroatoms. The molecule has 0 unspecified atom stereocenters. The summed E-state index contributed by atoms with van der Waals surface area (Å²) >= 11 is 0. The fraction of sp³-hybridized carbons (Fsp3) is 0.444. The third-order valence-electron chi connectivity index (χ3n) is 2.16. The van der Waals surface area contributed by atoms with Gasteiger partial charge >= 0.3 is 24.2 Å². The molecule has 0 saturated heterocycles. The van der Waals surface area contributed by atoms with Crippen molar-refractivity contribution in [2.45, 2.75) is 24.2 Å². The van der Waals surface area contributed by atoms with Crippen molar-refractivity contribution in [3.8, 4) is 0 Å². The highest BCUT2D eigenvalue weighted by atomic mass is 19.4. The molecule has 1 rings (SSSR count). The number of aromatic nitrogens is 1. The van der Waals surface area contributed by atoms with Gasteiger partial charge in [0.1, 0.15) is 5.69 Å². The SMILES string of the molecule is FC(F)(F)C(F)(F)c1ccc(C(F)(F)C(F)(F)F)nc1. The minimum Gasteiger partial charge on any atom is -0.254 e. The van der Waals surface area contributed by atoms with Crippen LogP contribution in [-0.4, -0.2) is 17.3 Å². The van der Waals surface area contributed by atoms with Gasteiger partial charge in [0.05, 0.1) is 0 Å². The Labute approximate surface area is 104 Å². The Morgan fingerprint density at radius 3 is 1.40 bits per heavy atom. The van der Waals surface area contributed by atoms with Crippen molar-refractivity contribution in [2.75, 3.05) is 0 Å². The van der Waals surface area contributed by atoms with Gasteiger partial charge in [0.15, 0.2) is 0 Å². The van der Waals surface area contributed by atoms with Gasteiger partial charge in [0.25, 0.3) is 0 Å². The minimum absolute atomic E-state index is 0.185. The molecule has 0 radical (unpaired) electrons. The van der Waals surface area contributed by atoms with Crippen LogP contribution in [0.4, 0.5) is 43.9 Å². The van der Waals surface area contributed by atoms with Crippen molar-refractivity contribution in [1.82, 2.24) is 4.98 Å². The van der Waals surface area contributed by atoms with E-state index in [2.05, 4.69) is 4.98 Å². The molecule has 0 bridgehead atoms. The normalized spacial score (nSPS) is 14.5. The molecule has 20 heavy (non-hydrogen) atoms. The van der Waals surface area contributed by atoms with Gasteiger partial charge in [-0.3, -0.25) is 4.98 Å². The van der Waals surface area contributed by atoms with Crippen molar-refractivity contribution in [3.63, 3.8) is 0 Å². The third-order valence-corrected chi connectivity index (χ3v) is 2.16.